The molecular formula is C30H35N3O4. The number of aliphatic hydroxyl groups excluding tert-OH is 1. The molecule has 0 spiro atoms. The fraction of sp³-hybridized carbons (Fsp3) is 0.367. The summed E-state index contributed by atoms with van der Waals surface area (Å²) in [5.41, 5.74) is 2.48. The fourth-order valence-corrected chi connectivity index (χ4v) is 4.55. The minimum atomic E-state index is -0.673. The van der Waals surface area contributed by atoms with Crippen molar-refractivity contribution in [2.24, 2.45) is 0 Å². The Morgan fingerprint density at radius 1 is 1.03 bits per heavy atom. The van der Waals surface area contributed by atoms with Gasteiger partial charge in [0, 0.05) is 31.0 Å². The summed E-state index contributed by atoms with van der Waals surface area (Å²) in [6, 6.07) is 14.2. The molecule has 1 aliphatic rings. The number of imidazole rings is 1. The molecule has 1 amide bonds. The largest absolute Gasteiger partial charge is 0.507 e. The van der Waals surface area contributed by atoms with E-state index in [-0.39, 0.29) is 16.7 Å². The van der Waals surface area contributed by atoms with Crippen molar-refractivity contribution in [1.29, 1.82) is 0 Å². The third-order valence-corrected chi connectivity index (χ3v) is 6.61. The molecule has 1 aromatic heterocycles. The minimum Gasteiger partial charge on any atom is -0.507 e. The summed E-state index contributed by atoms with van der Waals surface area (Å²) >= 11 is 0. The summed E-state index contributed by atoms with van der Waals surface area (Å²) in [5, 5.41) is 11.3. The minimum absolute atomic E-state index is 0.0350. The Kier molecular flexibility index (Phi) is 7.81. The van der Waals surface area contributed by atoms with Gasteiger partial charge in [-0.1, -0.05) is 52.0 Å². The lowest BCUT2D eigenvalue weighted by Gasteiger charge is -2.26. The summed E-state index contributed by atoms with van der Waals surface area (Å²) < 4.78 is 7.58. The second-order valence-electron chi connectivity index (χ2n) is 10.4. The number of hydrogen-bond acceptors (Lipinski definition) is 5. The highest BCUT2D eigenvalue weighted by molar-refractivity contribution is 6.46. The zero-order valence-corrected chi connectivity index (χ0v) is 22.0. The van der Waals surface area contributed by atoms with E-state index in [1.165, 1.54) is 0 Å². The standard InChI is InChI=1S/C30H35N3O4/c1-5-19-37-24-13-9-22(10-14-24)27(34)25-26(21-7-11-23(12-8-21)30(2,3)4)33(29(36)28(25)35)17-6-16-32-18-15-31-20-32/h7-15,18,20,26,34H,5-6,16-17,19H2,1-4H3. The van der Waals surface area contributed by atoms with Crippen molar-refractivity contribution in [2.45, 2.75) is 58.5 Å². The summed E-state index contributed by atoms with van der Waals surface area (Å²) in [6.45, 7) is 10.1. The first-order valence-corrected chi connectivity index (χ1v) is 12.8. The summed E-state index contributed by atoms with van der Waals surface area (Å²) in [6.07, 6.45) is 6.83. The van der Waals surface area contributed by atoms with E-state index in [0.29, 0.717) is 37.4 Å². The van der Waals surface area contributed by atoms with Crippen molar-refractivity contribution in [3.8, 4) is 5.75 Å². The second-order valence-corrected chi connectivity index (χ2v) is 10.4. The molecule has 194 valence electrons. The third-order valence-electron chi connectivity index (χ3n) is 6.61. The van der Waals surface area contributed by atoms with Crippen molar-refractivity contribution < 1.29 is 19.4 Å². The number of nitrogens with zero attached hydrogens (tertiary/aromatic N) is 3. The van der Waals surface area contributed by atoms with Gasteiger partial charge in [-0.2, -0.15) is 0 Å². The molecule has 1 atom stereocenters. The van der Waals surface area contributed by atoms with Gasteiger partial charge in [-0.05, 0) is 53.6 Å². The van der Waals surface area contributed by atoms with E-state index in [1.54, 1.807) is 41.7 Å². The molecule has 2 heterocycles. The molecule has 1 unspecified atom stereocenters. The number of ketones is 1. The van der Waals surface area contributed by atoms with E-state index < -0.39 is 17.7 Å². The van der Waals surface area contributed by atoms with Crippen LogP contribution >= 0.6 is 0 Å². The number of Topliss-reactive ketones (excluding diaryl/α,β-unsaturated/α-hetero) is 1. The molecule has 7 nitrogen and oxygen atoms in total. The molecule has 37 heavy (non-hydrogen) atoms. The smallest absolute Gasteiger partial charge is 0.295 e. The van der Waals surface area contributed by atoms with Gasteiger partial charge in [0.05, 0.1) is 24.5 Å². The zero-order valence-electron chi connectivity index (χ0n) is 22.0. The zero-order chi connectivity index (χ0) is 26.6. The third kappa shape index (κ3) is 5.77. The highest BCUT2D eigenvalue weighted by atomic mass is 16.5. The molecule has 0 aliphatic carbocycles. The first-order valence-electron chi connectivity index (χ1n) is 12.8. The normalized spacial score (nSPS) is 17.4. The van der Waals surface area contributed by atoms with Gasteiger partial charge in [0.1, 0.15) is 11.5 Å². The van der Waals surface area contributed by atoms with Crippen LogP contribution in [0.5, 0.6) is 5.75 Å². The van der Waals surface area contributed by atoms with Crippen LogP contribution in [0.4, 0.5) is 0 Å². The number of carbonyl (C=O) groups excluding carboxylic acids is 2. The van der Waals surface area contributed by atoms with Crippen molar-refractivity contribution in [3.05, 3.63) is 89.5 Å². The molecule has 1 aliphatic heterocycles. The molecule has 0 saturated carbocycles. The molecule has 3 aromatic rings. The maximum Gasteiger partial charge on any atom is 0.295 e. The maximum absolute atomic E-state index is 13.3. The second kappa shape index (κ2) is 11.0. The van der Waals surface area contributed by atoms with Crippen LogP contribution < -0.4 is 4.74 Å². The average molecular weight is 502 g/mol. The topological polar surface area (TPSA) is 84.7 Å². The van der Waals surface area contributed by atoms with Crippen molar-refractivity contribution in [1.82, 2.24) is 14.5 Å². The van der Waals surface area contributed by atoms with E-state index in [1.807, 2.05) is 42.0 Å². The van der Waals surface area contributed by atoms with Gasteiger partial charge >= 0.3 is 0 Å². The monoisotopic (exact) mass is 501 g/mol. The molecule has 1 fully saturated rings. The molecule has 7 heteroatoms. The van der Waals surface area contributed by atoms with Gasteiger partial charge in [-0.3, -0.25) is 9.59 Å². The molecule has 1 saturated heterocycles. The van der Waals surface area contributed by atoms with Crippen LogP contribution in [0.2, 0.25) is 0 Å². The quantitative estimate of drug-likeness (QED) is 0.238. The predicted molar refractivity (Wildman–Crippen MR) is 143 cm³/mol. The van der Waals surface area contributed by atoms with E-state index in [0.717, 1.165) is 17.5 Å². The molecular weight excluding hydrogens is 466 g/mol. The number of likely N-dealkylation sites (tertiary alicyclic amines) is 1. The number of amides is 1. The number of ether oxygens (including phenoxy) is 1. The van der Waals surface area contributed by atoms with E-state index in [4.69, 9.17) is 4.74 Å². The molecule has 1 N–H and O–H groups in total. The number of benzene rings is 2. The lowest BCUT2D eigenvalue weighted by Crippen LogP contribution is -2.31. The average Bonchev–Trinajstić information content (AvgIpc) is 3.49. The van der Waals surface area contributed by atoms with E-state index in [9.17, 15) is 14.7 Å². The molecule has 2 aromatic carbocycles. The van der Waals surface area contributed by atoms with Crippen molar-refractivity contribution >= 4 is 17.4 Å². The van der Waals surface area contributed by atoms with Gasteiger partial charge in [0.2, 0.25) is 0 Å². The lowest BCUT2D eigenvalue weighted by atomic mass is 9.85. The highest BCUT2D eigenvalue weighted by Gasteiger charge is 2.45. The van der Waals surface area contributed by atoms with Gasteiger partial charge in [0.25, 0.3) is 11.7 Å². The van der Waals surface area contributed by atoms with Gasteiger partial charge in [-0.15, -0.1) is 0 Å². The number of rotatable bonds is 9. The number of carbonyl (C=O) groups is 2. The number of hydrogen-bond donors (Lipinski definition) is 1. The Bertz CT molecular complexity index is 1250. The Hall–Kier alpha value is -3.87. The molecule has 0 radical (unpaired) electrons. The summed E-state index contributed by atoms with van der Waals surface area (Å²) in [5.74, 6) is -0.758. The Balaban J connectivity index is 1.70. The van der Waals surface area contributed by atoms with Crippen LogP contribution in [0.3, 0.4) is 0 Å². The Morgan fingerprint density at radius 2 is 1.73 bits per heavy atom. The van der Waals surface area contributed by atoms with Crippen LogP contribution in [0.15, 0.2) is 72.8 Å². The Morgan fingerprint density at radius 3 is 2.32 bits per heavy atom. The van der Waals surface area contributed by atoms with Crippen LogP contribution in [0.25, 0.3) is 5.76 Å². The van der Waals surface area contributed by atoms with E-state index in [2.05, 4.69) is 25.8 Å². The first-order chi connectivity index (χ1) is 17.7. The van der Waals surface area contributed by atoms with Crippen molar-refractivity contribution in [2.75, 3.05) is 13.2 Å². The molecule has 0 bridgehead atoms. The number of aliphatic hydroxyl groups is 1. The Labute approximate surface area is 218 Å². The van der Waals surface area contributed by atoms with Gasteiger partial charge in [0.15, 0.2) is 0 Å². The van der Waals surface area contributed by atoms with Gasteiger partial charge < -0.3 is 19.3 Å². The van der Waals surface area contributed by atoms with Crippen LogP contribution in [0.1, 0.15) is 63.3 Å². The molecule has 4 rings (SSSR count). The number of aryl methyl sites for hydroxylation is 1. The van der Waals surface area contributed by atoms with Gasteiger partial charge in [-0.25, -0.2) is 4.98 Å². The fourth-order valence-electron chi connectivity index (χ4n) is 4.55. The van der Waals surface area contributed by atoms with E-state index >= 15 is 0 Å². The highest BCUT2D eigenvalue weighted by Crippen LogP contribution is 2.40. The van der Waals surface area contributed by atoms with Crippen LogP contribution in [0, 0.1) is 0 Å². The lowest BCUT2D eigenvalue weighted by molar-refractivity contribution is -0.139. The first kappa shape index (κ1) is 26.2. The SMILES string of the molecule is CCCOc1ccc(C(O)=C2C(=O)C(=O)N(CCCn3ccnc3)C2c2ccc(C(C)(C)C)cc2)cc1. The summed E-state index contributed by atoms with van der Waals surface area (Å²) in [7, 11) is 0. The van der Waals surface area contributed by atoms with Crippen molar-refractivity contribution in [3.63, 3.8) is 0 Å². The predicted octanol–water partition coefficient (Wildman–Crippen LogP) is 5.48. The summed E-state index contributed by atoms with van der Waals surface area (Å²) in [4.78, 5) is 32.1. The van der Waals surface area contributed by atoms with Crippen LogP contribution in [-0.4, -0.2) is 44.4 Å². The number of aromatic nitrogens is 2. The maximum atomic E-state index is 13.3. The van der Waals surface area contributed by atoms with Crippen LogP contribution in [-0.2, 0) is 21.5 Å².